The second kappa shape index (κ2) is 12.2. The van der Waals surface area contributed by atoms with Gasteiger partial charge in [0.15, 0.2) is 0 Å². The van der Waals surface area contributed by atoms with E-state index in [1.165, 1.54) is 7.11 Å². The third-order valence-electron chi connectivity index (χ3n) is 5.10. The molecule has 5 N–H and O–H groups in total. The number of amides is 2. The molecule has 33 heavy (non-hydrogen) atoms. The summed E-state index contributed by atoms with van der Waals surface area (Å²) in [6.45, 7) is 6.96. The Morgan fingerprint density at radius 1 is 1.15 bits per heavy atom. The fourth-order valence-electron chi connectivity index (χ4n) is 3.06. The molecule has 174 valence electrons. The molecule has 8 heteroatoms. The molecule has 0 unspecified atom stereocenters. The Labute approximate surface area is 195 Å². The number of nitrogens with two attached hydrogens (primary N) is 1. The summed E-state index contributed by atoms with van der Waals surface area (Å²) in [6, 6.07) is 10.9. The van der Waals surface area contributed by atoms with Gasteiger partial charge < -0.3 is 26.0 Å². The first kappa shape index (κ1) is 25.3. The molecule has 0 spiro atoms. The van der Waals surface area contributed by atoms with Crippen molar-refractivity contribution in [2.45, 2.75) is 27.2 Å². The number of nitrogens with zero attached hydrogens (tertiary/aromatic N) is 1. The second-order valence-corrected chi connectivity index (χ2v) is 7.46. The minimum absolute atomic E-state index is 0.0374. The van der Waals surface area contributed by atoms with Crippen LogP contribution in [0.3, 0.4) is 0 Å². The van der Waals surface area contributed by atoms with E-state index in [2.05, 4.69) is 27.2 Å². The van der Waals surface area contributed by atoms with Gasteiger partial charge in [-0.3, -0.25) is 10.2 Å². The summed E-state index contributed by atoms with van der Waals surface area (Å²) in [5, 5.41) is 13.6. The molecular formula is C25H31N5O3. The van der Waals surface area contributed by atoms with Crippen LogP contribution in [-0.4, -0.2) is 49.5 Å². The lowest BCUT2D eigenvalue weighted by molar-refractivity contribution is -0.140. The Bertz CT molecular complexity index is 1070. The largest absolute Gasteiger partial charge is 0.469 e. The van der Waals surface area contributed by atoms with Crippen molar-refractivity contribution in [3.05, 3.63) is 58.7 Å². The molecule has 0 fully saturated rings. The maximum atomic E-state index is 12.6. The number of ether oxygens (including phenoxy) is 1. The van der Waals surface area contributed by atoms with Crippen LogP contribution in [0.2, 0.25) is 0 Å². The number of carbonyl (C=O) groups is 2. The van der Waals surface area contributed by atoms with Gasteiger partial charge in [0, 0.05) is 35.6 Å². The van der Waals surface area contributed by atoms with Crippen molar-refractivity contribution in [1.29, 1.82) is 5.41 Å². The number of esters is 1. The predicted octanol–water partition coefficient (Wildman–Crippen LogP) is 3.47. The van der Waals surface area contributed by atoms with Crippen LogP contribution in [-0.2, 0) is 9.53 Å². The molecule has 0 aromatic heterocycles. The minimum Gasteiger partial charge on any atom is -0.469 e. The monoisotopic (exact) mass is 449 g/mol. The van der Waals surface area contributed by atoms with Crippen molar-refractivity contribution >= 4 is 29.2 Å². The van der Waals surface area contributed by atoms with Crippen LogP contribution in [0.15, 0.2) is 36.4 Å². The summed E-state index contributed by atoms with van der Waals surface area (Å²) in [5.74, 6) is 5.96. The van der Waals surface area contributed by atoms with Gasteiger partial charge in [-0.1, -0.05) is 11.8 Å². The number of methoxy groups -OCH3 is 1. The van der Waals surface area contributed by atoms with Crippen LogP contribution in [0.1, 0.15) is 35.6 Å². The summed E-state index contributed by atoms with van der Waals surface area (Å²) in [5.41, 5.74) is 10.5. The molecule has 2 amide bonds. The summed E-state index contributed by atoms with van der Waals surface area (Å²) in [6.07, 6.45) is 0.152. The van der Waals surface area contributed by atoms with E-state index in [0.717, 1.165) is 22.4 Å². The van der Waals surface area contributed by atoms with E-state index < -0.39 is 0 Å². The fraction of sp³-hybridized carbons (Fsp3) is 0.320. The number of benzene rings is 2. The Balaban J connectivity index is 1.99. The maximum Gasteiger partial charge on any atom is 0.321 e. The molecule has 2 aromatic carbocycles. The third-order valence-corrected chi connectivity index (χ3v) is 5.10. The standard InChI is InChI=1S/C25H31N5O3/c1-5-30(14-12-23(31)33-4)25(32)29-22-16-17(2)20(15-18(22)3)7-6-13-28-21-10-8-19(9-11-21)24(26)27/h8-11,15-16,28H,5,12-14H2,1-4H3,(H3,26,27)(H,29,32). The minimum atomic E-state index is -0.348. The molecule has 0 aliphatic heterocycles. The van der Waals surface area contributed by atoms with E-state index in [4.69, 9.17) is 11.1 Å². The zero-order chi connectivity index (χ0) is 24.4. The molecule has 8 nitrogen and oxygen atoms in total. The lowest BCUT2D eigenvalue weighted by atomic mass is 10.0. The number of carbonyl (C=O) groups excluding carboxylic acids is 2. The van der Waals surface area contributed by atoms with Crippen molar-refractivity contribution < 1.29 is 14.3 Å². The van der Waals surface area contributed by atoms with Gasteiger partial charge in [0.2, 0.25) is 0 Å². The van der Waals surface area contributed by atoms with E-state index >= 15 is 0 Å². The summed E-state index contributed by atoms with van der Waals surface area (Å²) in [7, 11) is 1.33. The van der Waals surface area contributed by atoms with Gasteiger partial charge in [-0.2, -0.15) is 0 Å². The highest BCUT2D eigenvalue weighted by atomic mass is 16.5. The van der Waals surface area contributed by atoms with Crippen LogP contribution >= 0.6 is 0 Å². The smallest absolute Gasteiger partial charge is 0.321 e. The van der Waals surface area contributed by atoms with Crippen molar-refractivity contribution in [2.24, 2.45) is 5.73 Å². The highest BCUT2D eigenvalue weighted by Gasteiger charge is 2.15. The van der Waals surface area contributed by atoms with E-state index in [-0.39, 0.29) is 24.3 Å². The van der Waals surface area contributed by atoms with Crippen LogP contribution in [0.25, 0.3) is 0 Å². The first-order chi connectivity index (χ1) is 15.7. The quantitative estimate of drug-likeness (QED) is 0.213. The zero-order valence-electron chi connectivity index (χ0n) is 19.5. The highest BCUT2D eigenvalue weighted by Crippen LogP contribution is 2.21. The Hall–Kier alpha value is -3.99. The normalized spacial score (nSPS) is 9.94. The number of rotatable bonds is 8. The van der Waals surface area contributed by atoms with Crippen LogP contribution < -0.4 is 16.4 Å². The van der Waals surface area contributed by atoms with Crippen molar-refractivity contribution in [3.8, 4) is 11.8 Å². The maximum absolute atomic E-state index is 12.6. The molecule has 0 bridgehead atoms. The topological polar surface area (TPSA) is 121 Å². The first-order valence-electron chi connectivity index (χ1n) is 10.7. The predicted molar refractivity (Wildman–Crippen MR) is 132 cm³/mol. The summed E-state index contributed by atoms with van der Waals surface area (Å²) >= 11 is 0. The molecule has 0 aliphatic rings. The highest BCUT2D eigenvalue weighted by molar-refractivity contribution is 5.95. The molecule has 0 heterocycles. The van der Waals surface area contributed by atoms with Crippen molar-refractivity contribution in [2.75, 3.05) is 37.4 Å². The number of anilines is 2. The van der Waals surface area contributed by atoms with E-state index in [9.17, 15) is 9.59 Å². The number of hydrogen-bond acceptors (Lipinski definition) is 5. The number of hydrogen-bond donors (Lipinski definition) is 4. The number of urea groups is 1. The van der Waals surface area contributed by atoms with Gasteiger partial charge in [0.25, 0.3) is 0 Å². The Morgan fingerprint density at radius 3 is 2.45 bits per heavy atom. The third kappa shape index (κ3) is 7.58. The van der Waals surface area contributed by atoms with Gasteiger partial charge >= 0.3 is 12.0 Å². The number of nitrogens with one attached hydrogen (secondary N) is 3. The molecule has 0 saturated heterocycles. The average Bonchev–Trinajstić information content (AvgIpc) is 2.80. The van der Waals surface area contributed by atoms with Crippen LogP contribution in [0.4, 0.5) is 16.2 Å². The Kier molecular flexibility index (Phi) is 9.30. The summed E-state index contributed by atoms with van der Waals surface area (Å²) in [4.78, 5) is 25.5. The van der Waals surface area contributed by atoms with Gasteiger partial charge in [-0.25, -0.2) is 4.79 Å². The number of amidine groups is 1. The zero-order valence-corrected chi connectivity index (χ0v) is 19.5. The fourth-order valence-corrected chi connectivity index (χ4v) is 3.06. The SMILES string of the molecule is CCN(CCC(=O)OC)C(=O)Nc1cc(C)c(C#CCNc2ccc(C(=N)N)cc2)cc1C. The molecule has 0 atom stereocenters. The molecule has 0 aliphatic carbocycles. The summed E-state index contributed by atoms with van der Waals surface area (Å²) < 4.78 is 4.64. The van der Waals surface area contributed by atoms with Gasteiger partial charge in [0.1, 0.15) is 5.84 Å². The van der Waals surface area contributed by atoms with Gasteiger partial charge in [-0.05, 0) is 68.3 Å². The molecular weight excluding hydrogens is 418 g/mol. The first-order valence-corrected chi connectivity index (χ1v) is 10.7. The lowest BCUT2D eigenvalue weighted by Crippen LogP contribution is -2.36. The van der Waals surface area contributed by atoms with Crippen molar-refractivity contribution in [1.82, 2.24) is 4.90 Å². The van der Waals surface area contributed by atoms with E-state index in [1.807, 2.05) is 45.0 Å². The molecule has 0 saturated carbocycles. The van der Waals surface area contributed by atoms with Gasteiger partial charge in [-0.15, -0.1) is 0 Å². The van der Waals surface area contributed by atoms with E-state index in [0.29, 0.717) is 30.9 Å². The van der Waals surface area contributed by atoms with Crippen LogP contribution in [0, 0.1) is 31.1 Å². The molecule has 0 radical (unpaired) electrons. The Morgan fingerprint density at radius 2 is 1.85 bits per heavy atom. The molecule has 2 rings (SSSR count). The van der Waals surface area contributed by atoms with Crippen LogP contribution in [0.5, 0.6) is 0 Å². The lowest BCUT2D eigenvalue weighted by Gasteiger charge is -2.22. The molecule has 2 aromatic rings. The number of nitrogen functional groups attached to an aromatic ring is 1. The van der Waals surface area contributed by atoms with E-state index in [1.54, 1.807) is 17.0 Å². The van der Waals surface area contributed by atoms with Crippen molar-refractivity contribution in [3.63, 3.8) is 0 Å². The average molecular weight is 450 g/mol. The second-order valence-electron chi connectivity index (χ2n) is 7.46. The number of aryl methyl sites for hydroxylation is 2. The van der Waals surface area contributed by atoms with Gasteiger partial charge in [0.05, 0.1) is 20.1 Å².